The van der Waals surface area contributed by atoms with Gasteiger partial charge in [-0.3, -0.25) is 4.99 Å². The summed E-state index contributed by atoms with van der Waals surface area (Å²) in [4.78, 5) is 7.69. The van der Waals surface area contributed by atoms with Gasteiger partial charge < -0.3 is 10.4 Å². The van der Waals surface area contributed by atoms with Crippen molar-refractivity contribution in [2.75, 3.05) is 13.2 Å². The maximum absolute atomic E-state index is 8.48. The van der Waals surface area contributed by atoms with Gasteiger partial charge in [-0.25, -0.2) is 4.99 Å². The number of allylic oxidation sites excluding steroid dienone is 1. The van der Waals surface area contributed by atoms with Crippen LogP contribution in [0.4, 0.5) is 0 Å². The molecule has 0 rings (SSSR count). The second kappa shape index (κ2) is 7.94. The molecule has 0 unspecified atom stereocenters. The van der Waals surface area contributed by atoms with Gasteiger partial charge in [-0.05, 0) is 26.3 Å². The van der Waals surface area contributed by atoms with E-state index in [1.165, 1.54) is 0 Å². The molecule has 0 atom stereocenters. The van der Waals surface area contributed by atoms with Crippen LogP contribution in [0.25, 0.3) is 0 Å². The Kier molecular flexibility index (Phi) is 7.17. The van der Waals surface area contributed by atoms with Crippen LogP contribution >= 0.6 is 0 Å². The molecule has 4 nitrogen and oxygen atoms in total. The Morgan fingerprint density at radius 1 is 1.67 bits per heavy atom. The minimum absolute atomic E-state index is 0.150. The normalized spacial score (nSPS) is 12.0. The van der Waals surface area contributed by atoms with E-state index in [0.717, 1.165) is 0 Å². The van der Waals surface area contributed by atoms with Crippen molar-refractivity contribution in [2.24, 2.45) is 9.98 Å². The minimum Gasteiger partial charge on any atom is -0.396 e. The first-order valence-corrected chi connectivity index (χ1v) is 3.85. The molecule has 0 aliphatic rings. The van der Waals surface area contributed by atoms with E-state index in [4.69, 9.17) is 5.11 Å². The number of guanidine groups is 1. The number of hydrogen-bond acceptors (Lipinski definition) is 2. The van der Waals surface area contributed by atoms with Gasteiger partial charge in [-0.15, -0.1) is 0 Å². The van der Waals surface area contributed by atoms with Crippen molar-refractivity contribution in [3.63, 3.8) is 0 Å². The standard InChI is InChI=1S/C8H15N3O/c1-3-5-10-8(9-2)11-6-4-7-12/h3,5,12H,2,4,6-7H2,1H3,(H,10,11)/b5-3-. The molecule has 0 radical (unpaired) electrons. The molecule has 0 aromatic carbocycles. The molecule has 0 fully saturated rings. The average molecular weight is 169 g/mol. The van der Waals surface area contributed by atoms with Gasteiger partial charge in [-0.1, -0.05) is 6.08 Å². The number of hydrogen-bond donors (Lipinski definition) is 2. The molecule has 2 N–H and O–H groups in total. The van der Waals surface area contributed by atoms with Crippen LogP contribution in [0, 0.1) is 0 Å². The summed E-state index contributed by atoms with van der Waals surface area (Å²) in [6.45, 7) is 5.96. The molecule has 12 heavy (non-hydrogen) atoms. The van der Waals surface area contributed by atoms with Crippen LogP contribution in [0.1, 0.15) is 13.3 Å². The predicted octanol–water partition coefficient (Wildman–Crippen LogP) is 0.549. The van der Waals surface area contributed by atoms with Gasteiger partial charge in [0, 0.05) is 13.2 Å². The molecule has 0 aliphatic heterocycles. The maximum atomic E-state index is 8.48. The van der Waals surface area contributed by atoms with Crippen molar-refractivity contribution in [3.05, 3.63) is 12.3 Å². The van der Waals surface area contributed by atoms with Gasteiger partial charge in [0.2, 0.25) is 5.96 Å². The monoisotopic (exact) mass is 169 g/mol. The average Bonchev–Trinajstić information content (AvgIpc) is 2.11. The van der Waals surface area contributed by atoms with Crippen molar-refractivity contribution in [1.82, 2.24) is 5.32 Å². The molecule has 0 aromatic rings. The van der Waals surface area contributed by atoms with Crippen LogP contribution in [0.15, 0.2) is 22.3 Å². The smallest absolute Gasteiger partial charge is 0.221 e. The Bertz CT molecular complexity index is 175. The Morgan fingerprint density at radius 3 is 2.92 bits per heavy atom. The number of aliphatic imine (C=N–C) groups is 2. The molecule has 0 heterocycles. The Hall–Kier alpha value is -1.16. The molecule has 0 aromatic heterocycles. The SMILES string of the molecule is C=NC(=NCCCO)N/C=C\C. The molecular formula is C8H15N3O. The van der Waals surface area contributed by atoms with Gasteiger partial charge >= 0.3 is 0 Å². The van der Waals surface area contributed by atoms with E-state index in [-0.39, 0.29) is 6.61 Å². The second-order valence-corrected chi connectivity index (χ2v) is 2.08. The van der Waals surface area contributed by atoms with E-state index in [9.17, 15) is 0 Å². The van der Waals surface area contributed by atoms with E-state index < -0.39 is 0 Å². The molecule has 0 bridgehead atoms. The first kappa shape index (κ1) is 10.8. The van der Waals surface area contributed by atoms with Gasteiger partial charge in [0.15, 0.2) is 0 Å². The number of rotatable bonds is 4. The van der Waals surface area contributed by atoms with Crippen molar-refractivity contribution in [2.45, 2.75) is 13.3 Å². The van der Waals surface area contributed by atoms with Crippen molar-refractivity contribution in [1.29, 1.82) is 0 Å². The first-order chi connectivity index (χ1) is 5.85. The summed E-state index contributed by atoms with van der Waals surface area (Å²) in [5.41, 5.74) is 0. The summed E-state index contributed by atoms with van der Waals surface area (Å²) < 4.78 is 0. The lowest BCUT2D eigenvalue weighted by Crippen LogP contribution is -2.14. The maximum Gasteiger partial charge on any atom is 0.221 e. The van der Waals surface area contributed by atoms with Crippen molar-refractivity contribution < 1.29 is 5.11 Å². The van der Waals surface area contributed by atoms with E-state index in [2.05, 4.69) is 22.0 Å². The highest BCUT2D eigenvalue weighted by Crippen LogP contribution is 1.82. The zero-order valence-electron chi connectivity index (χ0n) is 7.32. The van der Waals surface area contributed by atoms with Crippen LogP contribution in [-0.4, -0.2) is 30.9 Å². The minimum atomic E-state index is 0.150. The summed E-state index contributed by atoms with van der Waals surface area (Å²) in [7, 11) is 0. The second-order valence-electron chi connectivity index (χ2n) is 2.08. The third-order valence-electron chi connectivity index (χ3n) is 1.11. The Labute approximate surface area is 72.7 Å². The predicted molar refractivity (Wildman–Crippen MR) is 51.5 cm³/mol. The number of nitrogens with one attached hydrogen (secondary N) is 1. The summed E-state index contributed by atoms with van der Waals surface area (Å²) in [6.07, 6.45) is 4.22. The third-order valence-corrected chi connectivity index (χ3v) is 1.11. The first-order valence-electron chi connectivity index (χ1n) is 3.85. The van der Waals surface area contributed by atoms with Gasteiger partial charge in [0.1, 0.15) is 0 Å². The van der Waals surface area contributed by atoms with E-state index >= 15 is 0 Å². The third kappa shape index (κ3) is 5.61. The molecule has 0 aliphatic carbocycles. The molecule has 68 valence electrons. The molecule has 0 saturated carbocycles. The van der Waals surface area contributed by atoms with Crippen LogP contribution < -0.4 is 5.32 Å². The summed E-state index contributed by atoms with van der Waals surface area (Å²) >= 11 is 0. The van der Waals surface area contributed by atoms with Gasteiger partial charge in [0.05, 0.1) is 0 Å². The zero-order valence-corrected chi connectivity index (χ0v) is 7.32. The van der Waals surface area contributed by atoms with E-state index in [1.54, 1.807) is 6.20 Å². The van der Waals surface area contributed by atoms with Gasteiger partial charge in [0.25, 0.3) is 0 Å². The molecule has 0 saturated heterocycles. The van der Waals surface area contributed by atoms with Crippen molar-refractivity contribution in [3.8, 4) is 0 Å². The number of aliphatic hydroxyl groups is 1. The fourth-order valence-electron chi connectivity index (χ4n) is 0.555. The number of aliphatic hydroxyl groups excluding tert-OH is 1. The van der Waals surface area contributed by atoms with E-state index in [1.807, 2.05) is 13.0 Å². The number of nitrogens with zero attached hydrogens (tertiary/aromatic N) is 2. The van der Waals surface area contributed by atoms with Crippen LogP contribution in [0.3, 0.4) is 0 Å². The summed E-state index contributed by atoms with van der Waals surface area (Å²) in [6, 6.07) is 0. The lowest BCUT2D eigenvalue weighted by molar-refractivity contribution is 0.291. The molecule has 0 amide bonds. The quantitative estimate of drug-likeness (QED) is 0.367. The molecule has 0 spiro atoms. The van der Waals surface area contributed by atoms with Crippen LogP contribution in [0.5, 0.6) is 0 Å². The Balaban J connectivity index is 3.78. The zero-order chi connectivity index (χ0) is 9.23. The Morgan fingerprint density at radius 2 is 2.42 bits per heavy atom. The lowest BCUT2D eigenvalue weighted by atomic mass is 10.5. The topological polar surface area (TPSA) is 57.0 Å². The molecular weight excluding hydrogens is 154 g/mol. The summed E-state index contributed by atoms with van der Waals surface area (Å²) in [5.74, 6) is 0.488. The summed E-state index contributed by atoms with van der Waals surface area (Å²) in [5, 5.41) is 11.3. The van der Waals surface area contributed by atoms with Crippen molar-refractivity contribution >= 4 is 12.7 Å². The highest BCUT2D eigenvalue weighted by molar-refractivity contribution is 5.84. The van der Waals surface area contributed by atoms with E-state index in [0.29, 0.717) is 18.9 Å². The van der Waals surface area contributed by atoms with Gasteiger partial charge in [-0.2, -0.15) is 0 Å². The fraction of sp³-hybridized carbons (Fsp3) is 0.500. The lowest BCUT2D eigenvalue weighted by Gasteiger charge is -1.98. The highest BCUT2D eigenvalue weighted by atomic mass is 16.3. The van der Waals surface area contributed by atoms with Crippen LogP contribution in [-0.2, 0) is 0 Å². The fourth-order valence-corrected chi connectivity index (χ4v) is 0.555. The largest absolute Gasteiger partial charge is 0.396 e. The highest BCUT2D eigenvalue weighted by Gasteiger charge is 1.88. The van der Waals surface area contributed by atoms with Crippen LogP contribution in [0.2, 0.25) is 0 Å². The molecule has 4 heteroatoms.